The second-order valence-electron chi connectivity index (χ2n) is 4.56. The van der Waals surface area contributed by atoms with Gasteiger partial charge in [-0.3, -0.25) is 4.79 Å². The highest BCUT2D eigenvalue weighted by molar-refractivity contribution is 9.10. The topological polar surface area (TPSA) is 58.1 Å². The lowest BCUT2D eigenvalue weighted by atomic mass is 10.1. The van der Waals surface area contributed by atoms with E-state index < -0.39 is 0 Å². The summed E-state index contributed by atoms with van der Waals surface area (Å²) in [7, 11) is 0. The Morgan fingerprint density at radius 2 is 2.32 bits per heavy atom. The average molecular weight is 321 g/mol. The number of carbonyl (C=O) groups excluding carboxylic acids is 1. The minimum Gasteiger partial charge on any atom is -0.353 e. The maximum atomic E-state index is 11.8. The van der Waals surface area contributed by atoms with Crippen LogP contribution in [0.15, 0.2) is 28.9 Å². The fourth-order valence-corrected chi connectivity index (χ4v) is 2.71. The molecule has 1 saturated heterocycles. The summed E-state index contributed by atoms with van der Waals surface area (Å²) in [5.41, 5.74) is 0. The quantitative estimate of drug-likeness (QED) is 0.869. The molecule has 0 bridgehead atoms. The second-order valence-corrected chi connectivity index (χ2v) is 5.48. The number of rotatable bonds is 1. The Hall–Kier alpha value is -1.69. The predicted octanol–water partition coefficient (Wildman–Crippen LogP) is 1.72. The molecule has 98 valence electrons. The Morgan fingerprint density at radius 1 is 1.47 bits per heavy atom. The van der Waals surface area contributed by atoms with Crippen molar-refractivity contribution in [3.05, 3.63) is 28.9 Å². The smallest absolute Gasteiger partial charge is 0.242 e. The molecule has 2 aromatic rings. The van der Waals surface area contributed by atoms with Crippen molar-refractivity contribution in [3.8, 4) is 0 Å². The molecule has 0 unspecified atom stereocenters. The fourth-order valence-electron chi connectivity index (χ4n) is 2.33. The number of halogens is 1. The van der Waals surface area contributed by atoms with Crippen molar-refractivity contribution in [1.82, 2.24) is 15.5 Å². The van der Waals surface area contributed by atoms with Gasteiger partial charge in [-0.25, -0.2) is 0 Å². The molecule has 1 aromatic heterocycles. The number of nitrogens with one attached hydrogen (secondary N) is 1. The second kappa shape index (κ2) is 4.77. The lowest BCUT2D eigenvalue weighted by molar-refractivity contribution is -0.122. The van der Waals surface area contributed by atoms with Crippen molar-refractivity contribution in [2.45, 2.75) is 13.0 Å². The first-order valence-corrected chi connectivity index (χ1v) is 6.91. The number of aromatic nitrogens is 2. The summed E-state index contributed by atoms with van der Waals surface area (Å²) in [4.78, 5) is 13.8. The fraction of sp³-hybridized carbons (Fsp3) is 0.308. The Bertz CT molecular complexity index is 646. The van der Waals surface area contributed by atoms with Gasteiger partial charge in [-0.2, -0.15) is 5.10 Å². The van der Waals surface area contributed by atoms with E-state index in [4.69, 9.17) is 0 Å². The van der Waals surface area contributed by atoms with E-state index in [-0.39, 0.29) is 11.9 Å². The SMILES string of the molecule is C[C@H]1C(=O)NCCN1c1nncc2cc(Br)ccc12. The van der Waals surface area contributed by atoms with Crippen LogP contribution in [0.4, 0.5) is 5.82 Å². The van der Waals surface area contributed by atoms with Crippen molar-refractivity contribution in [1.29, 1.82) is 0 Å². The zero-order valence-corrected chi connectivity index (χ0v) is 12.0. The van der Waals surface area contributed by atoms with Gasteiger partial charge in [0.25, 0.3) is 0 Å². The lowest BCUT2D eigenvalue weighted by Crippen LogP contribution is -2.54. The Balaban J connectivity index is 2.12. The first-order chi connectivity index (χ1) is 9.16. The molecular formula is C13H13BrN4O. The monoisotopic (exact) mass is 320 g/mol. The molecule has 0 radical (unpaired) electrons. The predicted molar refractivity (Wildman–Crippen MR) is 77.1 cm³/mol. The molecule has 1 aliphatic heterocycles. The number of anilines is 1. The molecule has 1 atom stereocenters. The van der Waals surface area contributed by atoms with Crippen LogP contribution in [0, 0.1) is 0 Å². The van der Waals surface area contributed by atoms with Gasteiger partial charge in [0.15, 0.2) is 5.82 Å². The highest BCUT2D eigenvalue weighted by atomic mass is 79.9. The molecule has 0 spiro atoms. The number of hydrogen-bond acceptors (Lipinski definition) is 4. The van der Waals surface area contributed by atoms with Gasteiger partial charge in [-0.15, -0.1) is 5.10 Å². The summed E-state index contributed by atoms with van der Waals surface area (Å²) in [6.07, 6.45) is 1.73. The molecule has 0 saturated carbocycles. The van der Waals surface area contributed by atoms with Crippen LogP contribution in [0.1, 0.15) is 6.92 Å². The summed E-state index contributed by atoms with van der Waals surface area (Å²) < 4.78 is 1.00. The lowest BCUT2D eigenvalue weighted by Gasteiger charge is -2.33. The Labute approximate surface area is 119 Å². The number of nitrogens with zero attached hydrogens (tertiary/aromatic N) is 3. The minimum atomic E-state index is -0.225. The summed E-state index contributed by atoms with van der Waals surface area (Å²) in [6.45, 7) is 3.27. The number of fused-ring (bicyclic) bond motifs is 1. The van der Waals surface area contributed by atoms with Crippen LogP contribution in [0.3, 0.4) is 0 Å². The number of benzene rings is 1. The van der Waals surface area contributed by atoms with Gasteiger partial charge in [0.2, 0.25) is 5.91 Å². The Morgan fingerprint density at radius 3 is 3.16 bits per heavy atom. The zero-order valence-electron chi connectivity index (χ0n) is 10.4. The van der Waals surface area contributed by atoms with Crippen LogP contribution in [-0.4, -0.2) is 35.2 Å². The van der Waals surface area contributed by atoms with Crippen LogP contribution in [-0.2, 0) is 4.79 Å². The van der Waals surface area contributed by atoms with E-state index in [1.54, 1.807) is 6.20 Å². The molecule has 1 N–H and O–H groups in total. The van der Waals surface area contributed by atoms with E-state index in [1.165, 1.54) is 0 Å². The average Bonchev–Trinajstić information content (AvgIpc) is 2.41. The molecule has 1 amide bonds. The van der Waals surface area contributed by atoms with Crippen molar-refractivity contribution in [2.24, 2.45) is 0 Å². The van der Waals surface area contributed by atoms with Gasteiger partial charge >= 0.3 is 0 Å². The number of piperazine rings is 1. The molecule has 3 rings (SSSR count). The van der Waals surface area contributed by atoms with Gasteiger partial charge in [0.05, 0.1) is 6.20 Å². The van der Waals surface area contributed by atoms with E-state index in [0.717, 1.165) is 27.6 Å². The van der Waals surface area contributed by atoms with E-state index >= 15 is 0 Å². The standard InChI is InChI=1S/C13H13BrN4O/c1-8-13(19)15-4-5-18(8)12-11-3-2-10(14)6-9(11)7-16-17-12/h2-3,6-8H,4-5H2,1H3,(H,15,19)/t8-/m0/s1. The molecule has 6 heteroatoms. The third-order valence-corrected chi connectivity index (χ3v) is 3.87. The van der Waals surface area contributed by atoms with Crippen molar-refractivity contribution in [2.75, 3.05) is 18.0 Å². The largest absolute Gasteiger partial charge is 0.353 e. The van der Waals surface area contributed by atoms with Gasteiger partial charge in [-0.1, -0.05) is 15.9 Å². The molecule has 2 heterocycles. The van der Waals surface area contributed by atoms with E-state index in [0.29, 0.717) is 6.54 Å². The maximum Gasteiger partial charge on any atom is 0.242 e. The Kier molecular flexibility index (Phi) is 3.10. The van der Waals surface area contributed by atoms with Crippen LogP contribution in [0.25, 0.3) is 10.8 Å². The van der Waals surface area contributed by atoms with Crippen LogP contribution >= 0.6 is 15.9 Å². The van der Waals surface area contributed by atoms with Crippen LogP contribution < -0.4 is 10.2 Å². The highest BCUT2D eigenvalue weighted by Gasteiger charge is 2.27. The van der Waals surface area contributed by atoms with E-state index in [2.05, 4.69) is 31.4 Å². The molecule has 19 heavy (non-hydrogen) atoms. The molecule has 5 nitrogen and oxygen atoms in total. The normalized spacial score (nSPS) is 19.6. The van der Waals surface area contributed by atoms with Crippen molar-refractivity contribution < 1.29 is 4.79 Å². The highest BCUT2D eigenvalue weighted by Crippen LogP contribution is 2.27. The molecule has 1 aliphatic rings. The summed E-state index contributed by atoms with van der Waals surface area (Å²) in [6, 6.07) is 5.75. The molecule has 1 aromatic carbocycles. The third-order valence-electron chi connectivity index (χ3n) is 3.37. The first kappa shape index (κ1) is 12.3. The molecular weight excluding hydrogens is 308 g/mol. The summed E-state index contributed by atoms with van der Waals surface area (Å²) >= 11 is 3.45. The van der Waals surface area contributed by atoms with Gasteiger partial charge < -0.3 is 10.2 Å². The van der Waals surface area contributed by atoms with Gasteiger partial charge in [0.1, 0.15) is 6.04 Å². The van der Waals surface area contributed by atoms with E-state index in [9.17, 15) is 4.79 Å². The zero-order chi connectivity index (χ0) is 13.4. The third kappa shape index (κ3) is 2.16. The maximum absolute atomic E-state index is 11.8. The van der Waals surface area contributed by atoms with Crippen LogP contribution in [0.5, 0.6) is 0 Å². The van der Waals surface area contributed by atoms with E-state index in [1.807, 2.05) is 30.0 Å². The number of carbonyl (C=O) groups is 1. The molecule has 1 fully saturated rings. The van der Waals surface area contributed by atoms with Crippen molar-refractivity contribution >= 4 is 38.4 Å². The minimum absolute atomic E-state index is 0.0298. The number of hydrogen-bond donors (Lipinski definition) is 1. The van der Waals surface area contributed by atoms with Gasteiger partial charge in [0, 0.05) is 28.3 Å². The molecule has 0 aliphatic carbocycles. The summed E-state index contributed by atoms with van der Waals surface area (Å²) in [5.74, 6) is 0.800. The van der Waals surface area contributed by atoms with Crippen LogP contribution in [0.2, 0.25) is 0 Å². The van der Waals surface area contributed by atoms with Gasteiger partial charge in [-0.05, 0) is 25.1 Å². The summed E-state index contributed by atoms with van der Waals surface area (Å²) in [5, 5.41) is 13.1. The van der Waals surface area contributed by atoms with Crippen molar-refractivity contribution in [3.63, 3.8) is 0 Å². The number of amides is 1. The first-order valence-electron chi connectivity index (χ1n) is 6.12.